The van der Waals surface area contributed by atoms with Crippen molar-refractivity contribution in [1.82, 2.24) is 0 Å². The average Bonchev–Trinajstić information content (AvgIpc) is 3.41. The van der Waals surface area contributed by atoms with Gasteiger partial charge in [0, 0.05) is 0 Å². The maximum atomic E-state index is 5.79. The Labute approximate surface area is 130 Å². The van der Waals surface area contributed by atoms with Gasteiger partial charge in [0.15, 0.2) is 12.6 Å². The summed E-state index contributed by atoms with van der Waals surface area (Å²) in [5.74, 6) is 1.10. The topological polar surface area (TPSA) is 68.6 Å². The van der Waals surface area contributed by atoms with Gasteiger partial charge >= 0.3 is 0 Å². The van der Waals surface area contributed by atoms with Crippen molar-refractivity contribution in [3.8, 4) is 0 Å². The second-order valence-electron chi connectivity index (χ2n) is 7.13. The first kappa shape index (κ1) is 14.1. The van der Waals surface area contributed by atoms with Crippen molar-refractivity contribution in [2.75, 3.05) is 26.4 Å². The highest BCUT2D eigenvalue weighted by molar-refractivity contribution is 4.98. The summed E-state index contributed by atoms with van der Waals surface area (Å²) in [6.45, 7) is 3.02. The molecule has 5 fully saturated rings. The van der Waals surface area contributed by atoms with Crippen LogP contribution in [0.4, 0.5) is 0 Å². The van der Waals surface area contributed by atoms with Crippen LogP contribution in [0.5, 0.6) is 0 Å². The number of hydrogen-bond acceptors (Lipinski definition) is 6. The molecular formula is C16H24O6. The van der Waals surface area contributed by atoms with Crippen molar-refractivity contribution in [1.29, 1.82) is 0 Å². The molecule has 0 spiro atoms. The van der Waals surface area contributed by atoms with E-state index in [1.807, 2.05) is 0 Å². The Morgan fingerprint density at radius 3 is 1.59 bits per heavy atom. The van der Waals surface area contributed by atoms with Crippen LogP contribution in [0.2, 0.25) is 0 Å². The molecule has 0 radical (unpaired) electrons. The van der Waals surface area contributed by atoms with E-state index in [2.05, 4.69) is 0 Å². The van der Waals surface area contributed by atoms with Gasteiger partial charge in [0.25, 0.3) is 0 Å². The van der Waals surface area contributed by atoms with Gasteiger partial charge < -0.3 is 28.4 Å². The smallest absolute Gasteiger partial charge is 0.184 e. The van der Waals surface area contributed by atoms with Crippen LogP contribution in [0.25, 0.3) is 0 Å². The van der Waals surface area contributed by atoms with E-state index in [0.29, 0.717) is 37.3 Å². The monoisotopic (exact) mass is 312 g/mol. The molecule has 6 heteroatoms. The normalized spacial score (nSPS) is 52.4. The Kier molecular flexibility index (Phi) is 3.65. The highest BCUT2D eigenvalue weighted by Crippen LogP contribution is 2.48. The lowest BCUT2D eigenvalue weighted by molar-refractivity contribution is 0.0401. The summed E-state index contributed by atoms with van der Waals surface area (Å²) in [4.78, 5) is 0. The highest BCUT2D eigenvalue weighted by Gasteiger charge is 2.56. The summed E-state index contributed by atoms with van der Waals surface area (Å²) in [6.07, 6.45) is 6.08. The Hall–Kier alpha value is -0.240. The molecule has 7 unspecified atom stereocenters. The molecule has 4 aliphatic heterocycles. The molecule has 5 rings (SSSR count). The minimum atomic E-state index is -0.0206. The van der Waals surface area contributed by atoms with Crippen LogP contribution in [0.15, 0.2) is 0 Å². The standard InChI is InChI=1S/C16H24O6/c1-2-4-12(14-16(22-14)20-8-10-6-18-10)11(3-1)13-15(21-13)19-7-9-5-17-9/h9-16H,1-8H2/t9?,10?,11?,12?,13?,14?,15-,16?/m1/s1. The second-order valence-corrected chi connectivity index (χ2v) is 7.13. The maximum absolute atomic E-state index is 5.79. The van der Waals surface area contributed by atoms with Crippen LogP contribution in [0.3, 0.4) is 0 Å². The van der Waals surface area contributed by atoms with Crippen LogP contribution in [-0.2, 0) is 28.4 Å². The van der Waals surface area contributed by atoms with Gasteiger partial charge in [0.2, 0.25) is 0 Å². The highest BCUT2D eigenvalue weighted by atomic mass is 16.8. The third-order valence-corrected chi connectivity index (χ3v) is 5.38. The third kappa shape index (κ3) is 3.18. The first-order valence-corrected chi connectivity index (χ1v) is 8.66. The minimum Gasteiger partial charge on any atom is -0.371 e. The molecule has 124 valence electrons. The first-order valence-electron chi connectivity index (χ1n) is 8.66. The summed E-state index contributed by atoms with van der Waals surface area (Å²) in [6, 6.07) is 0. The van der Waals surface area contributed by atoms with E-state index in [4.69, 9.17) is 28.4 Å². The van der Waals surface area contributed by atoms with Crippen LogP contribution in [-0.4, -0.2) is 63.4 Å². The SMILES string of the molecule is C1CCC(C2O[C@H]2OCC2CO2)C(C2OC2OCC2CO2)C1. The largest absolute Gasteiger partial charge is 0.371 e. The molecule has 22 heavy (non-hydrogen) atoms. The van der Waals surface area contributed by atoms with Crippen molar-refractivity contribution in [2.24, 2.45) is 11.8 Å². The minimum absolute atomic E-state index is 0.0206. The predicted molar refractivity (Wildman–Crippen MR) is 74.2 cm³/mol. The number of ether oxygens (including phenoxy) is 6. The van der Waals surface area contributed by atoms with E-state index in [1.165, 1.54) is 25.7 Å². The molecule has 4 heterocycles. The zero-order chi connectivity index (χ0) is 14.5. The van der Waals surface area contributed by atoms with Crippen LogP contribution < -0.4 is 0 Å². The fraction of sp³-hybridized carbons (Fsp3) is 1.00. The van der Waals surface area contributed by atoms with E-state index in [1.54, 1.807) is 0 Å². The van der Waals surface area contributed by atoms with Gasteiger partial charge in [-0.05, 0) is 24.7 Å². The molecule has 8 atom stereocenters. The van der Waals surface area contributed by atoms with Crippen molar-refractivity contribution in [3.05, 3.63) is 0 Å². The van der Waals surface area contributed by atoms with Gasteiger partial charge in [-0.15, -0.1) is 0 Å². The Bertz CT molecular complexity index is 371. The first-order chi connectivity index (χ1) is 10.9. The molecule has 1 aliphatic carbocycles. The Balaban J connectivity index is 1.12. The molecule has 5 aliphatic rings. The zero-order valence-corrected chi connectivity index (χ0v) is 12.7. The van der Waals surface area contributed by atoms with Gasteiger partial charge in [-0.1, -0.05) is 12.8 Å². The van der Waals surface area contributed by atoms with Crippen molar-refractivity contribution in [2.45, 2.75) is 62.7 Å². The average molecular weight is 312 g/mol. The quantitative estimate of drug-likeness (QED) is 0.625. The van der Waals surface area contributed by atoms with Gasteiger partial charge in [-0.2, -0.15) is 0 Å². The number of epoxide rings is 4. The molecule has 6 nitrogen and oxygen atoms in total. The van der Waals surface area contributed by atoms with Gasteiger partial charge in [0.1, 0.15) is 24.4 Å². The van der Waals surface area contributed by atoms with Crippen molar-refractivity contribution < 1.29 is 28.4 Å². The van der Waals surface area contributed by atoms with Crippen LogP contribution >= 0.6 is 0 Å². The summed E-state index contributed by atoms with van der Waals surface area (Å²) in [5.41, 5.74) is 0. The summed E-state index contributed by atoms with van der Waals surface area (Å²) in [7, 11) is 0. The van der Waals surface area contributed by atoms with E-state index < -0.39 is 0 Å². The van der Waals surface area contributed by atoms with E-state index in [0.717, 1.165) is 13.2 Å². The molecule has 0 aromatic rings. The maximum Gasteiger partial charge on any atom is 0.184 e. The zero-order valence-electron chi connectivity index (χ0n) is 12.7. The summed E-state index contributed by atoms with van der Waals surface area (Å²) in [5, 5.41) is 0. The van der Waals surface area contributed by atoms with E-state index >= 15 is 0 Å². The fourth-order valence-electron chi connectivity index (χ4n) is 3.83. The van der Waals surface area contributed by atoms with E-state index in [9.17, 15) is 0 Å². The van der Waals surface area contributed by atoms with Gasteiger partial charge in [-0.25, -0.2) is 0 Å². The van der Waals surface area contributed by atoms with Crippen molar-refractivity contribution >= 4 is 0 Å². The third-order valence-electron chi connectivity index (χ3n) is 5.38. The molecule has 4 saturated heterocycles. The van der Waals surface area contributed by atoms with Gasteiger partial charge in [-0.3, -0.25) is 0 Å². The summed E-state index contributed by atoms with van der Waals surface area (Å²) < 4.78 is 33.5. The lowest BCUT2D eigenvalue weighted by Gasteiger charge is -2.29. The predicted octanol–water partition coefficient (Wildman–Crippen LogP) is 1.07. The molecule has 0 bridgehead atoms. The molecule has 1 saturated carbocycles. The molecule has 0 aromatic heterocycles. The lowest BCUT2D eigenvalue weighted by Crippen LogP contribution is -2.31. The lowest BCUT2D eigenvalue weighted by atomic mass is 9.75. The molecule has 0 amide bonds. The Morgan fingerprint density at radius 2 is 1.18 bits per heavy atom. The Morgan fingerprint density at radius 1 is 0.727 bits per heavy atom. The van der Waals surface area contributed by atoms with Crippen molar-refractivity contribution in [3.63, 3.8) is 0 Å². The summed E-state index contributed by atoms with van der Waals surface area (Å²) >= 11 is 0. The molecular weight excluding hydrogens is 288 g/mol. The fourth-order valence-corrected chi connectivity index (χ4v) is 3.83. The van der Waals surface area contributed by atoms with Gasteiger partial charge in [0.05, 0.1) is 26.4 Å². The molecule has 0 aromatic carbocycles. The second kappa shape index (κ2) is 5.69. The van der Waals surface area contributed by atoms with E-state index in [-0.39, 0.29) is 24.8 Å². The number of hydrogen-bond donors (Lipinski definition) is 0. The number of rotatable bonds is 8. The molecule has 0 N–H and O–H groups in total. The van der Waals surface area contributed by atoms with Crippen LogP contribution in [0.1, 0.15) is 25.7 Å². The van der Waals surface area contributed by atoms with Crippen LogP contribution in [0, 0.1) is 11.8 Å².